The maximum Gasteiger partial charge on any atom is 0.0640 e. The van der Waals surface area contributed by atoms with Crippen molar-refractivity contribution < 1.29 is 0 Å². The highest BCUT2D eigenvalue weighted by molar-refractivity contribution is 5.10. The Morgan fingerprint density at radius 2 is 2.24 bits per heavy atom. The van der Waals surface area contributed by atoms with E-state index >= 15 is 0 Å². The van der Waals surface area contributed by atoms with E-state index in [-0.39, 0.29) is 0 Å². The molecule has 94 valence electrons. The van der Waals surface area contributed by atoms with Crippen LogP contribution in [0.15, 0.2) is 12.3 Å². The summed E-state index contributed by atoms with van der Waals surface area (Å²) in [6.45, 7) is 3.29. The maximum atomic E-state index is 4.51. The maximum absolute atomic E-state index is 4.51. The van der Waals surface area contributed by atoms with Crippen LogP contribution in [0, 0.1) is 17.8 Å². The third kappa shape index (κ3) is 2.13. The van der Waals surface area contributed by atoms with E-state index in [9.17, 15) is 0 Å². The fourth-order valence-electron chi connectivity index (χ4n) is 3.88. The highest BCUT2D eigenvalue weighted by atomic mass is 15.2. The van der Waals surface area contributed by atoms with Gasteiger partial charge in [0.1, 0.15) is 0 Å². The summed E-state index contributed by atoms with van der Waals surface area (Å²) in [5.74, 6) is 3.00. The lowest BCUT2D eigenvalue weighted by Crippen LogP contribution is -2.34. The molecule has 3 unspecified atom stereocenters. The summed E-state index contributed by atoms with van der Waals surface area (Å²) in [4.78, 5) is 0. The van der Waals surface area contributed by atoms with Crippen molar-refractivity contribution in [1.29, 1.82) is 0 Å². The Morgan fingerprint density at radius 3 is 2.82 bits per heavy atom. The van der Waals surface area contributed by atoms with Gasteiger partial charge in [0.15, 0.2) is 0 Å². The Balaban J connectivity index is 1.64. The fraction of sp³-hybridized carbons (Fsp3) is 0.786. The molecule has 3 rings (SSSR count). The van der Waals surface area contributed by atoms with Crippen LogP contribution < -0.4 is 5.32 Å². The summed E-state index contributed by atoms with van der Waals surface area (Å²) < 4.78 is 1.91. The minimum absolute atomic E-state index is 0.658. The molecule has 1 heterocycles. The van der Waals surface area contributed by atoms with Crippen LogP contribution in [0.4, 0.5) is 0 Å². The zero-order chi connectivity index (χ0) is 11.8. The molecule has 0 aliphatic heterocycles. The number of nitrogens with zero attached hydrogens (tertiary/aromatic N) is 2. The van der Waals surface area contributed by atoms with Gasteiger partial charge >= 0.3 is 0 Å². The fourth-order valence-corrected chi connectivity index (χ4v) is 3.88. The molecule has 3 nitrogen and oxygen atoms in total. The van der Waals surface area contributed by atoms with Crippen molar-refractivity contribution in [3.8, 4) is 0 Å². The third-order valence-electron chi connectivity index (χ3n) is 4.60. The van der Waals surface area contributed by atoms with E-state index in [1.54, 1.807) is 0 Å². The first-order valence-electron chi connectivity index (χ1n) is 7.01. The molecule has 3 heteroatoms. The molecule has 0 aromatic carbocycles. The van der Waals surface area contributed by atoms with Gasteiger partial charge in [0.05, 0.1) is 5.69 Å². The van der Waals surface area contributed by atoms with Gasteiger partial charge in [0.25, 0.3) is 0 Å². The molecule has 0 saturated heterocycles. The van der Waals surface area contributed by atoms with Crippen LogP contribution >= 0.6 is 0 Å². The van der Waals surface area contributed by atoms with Gasteiger partial charge in [-0.2, -0.15) is 5.10 Å². The number of hydrogen-bond donors (Lipinski definition) is 1. The zero-order valence-corrected chi connectivity index (χ0v) is 10.9. The molecular formula is C14H23N3. The van der Waals surface area contributed by atoms with Gasteiger partial charge in [-0.1, -0.05) is 13.3 Å². The van der Waals surface area contributed by atoms with Crippen molar-refractivity contribution in [2.45, 2.75) is 38.6 Å². The summed E-state index contributed by atoms with van der Waals surface area (Å²) in [6.07, 6.45) is 7.56. The standard InChI is InChI=1S/C14H23N3/c1-3-15-13(9-10-7-8-17(2)16-10)14-11-5-4-6-12(11)14/h7-8,11-15H,3-6,9H2,1-2H3. The van der Waals surface area contributed by atoms with Crippen LogP contribution in [-0.2, 0) is 13.5 Å². The SMILES string of the molecule is CCNC(Cc1ccn(C)n1)C1C2CCCC21. The Bertz CT molecular complexity index is 375. The summed E-state index contributed by atoms with van der Waals surface area (Å²) in [5, 5.41) is 8.20. The van der Waals surface area contributed by atoms with Crippen LogP contribution in [0.1, 0.15) is 31.9 Å². The highest BCUT2D eigenvalue weighted by Crippen LogP contribution is 2.59. The topological polar surface area (TPSA) is 29.9 Å². The lowest BCUT2D eigenvalue weighted by molar-refractivity contribution is 0.407. The lowest BCUT2D eigenvalue weighted by atomic mass is 10.00. The summed E-state index contributed by atoms with van der Waals surface area (Å²) in [7, 11) is 2.00. The molecule has 0 spiro atoms. The van der Waals surface area contributed by atoms with Crippen molar-refractivity contribution >= 4 is 0 Å². The van der Waals surface area contributed by atoms with E-state index in [2.05, 4.69) is 23.4 Å². The van der Waals surface area contributed by atoms with E-state index in [1.165, 1.54) is 25.0 Å². The van der Waals surface area contributed by atoms with E-state index in [4.69, 9.17) is 0 Å². The van der Waals surface area contributed by atoms with E-state index in [0.29, 0.717) is 6.04 Å². The van der Waals surface area contributed by atoms with Gasteiger partial charge in [-0.3, -0.25) is 4.68 Å². The smallest absolute Gasteiger partial charge is 0.0640 e. The minimum Gasteiger partial charge on any atom is -0.314 e. The normalized spacial score (nSPS) is 32.5. The minimum atomic E-state index is 0.658. The quantitative estimate of drug-likeness (QED) is 0.843. The van der Waals surface area contributed by atoms with Gasteiger partial charge in [0.2, 0.25) is 0 Å². The predicted octanol–water partition coefficient (Wildman–Crippen LogP) is 1.99. The molecule has 17 heavy (non-hydrogen) atoms. The lowest BCUT2D eigenvalue weighted by Gasteiger charge is -2.18. The Hall–Kier alpha value is -0.830. The first-order chi connectivity index (χ1) is 8.29. The molecule has 0 radical (unpaired) electrons. The number of aryl methyl sites for hydroxylation is 1. The van der Waals surface area contributed by atoms with Crippen LogP contribution in [0.3, 0.4) is 0 Å². The Labute approximate surface area is 104 Å². The first-order valence-corrected chi connectivity index (χ1v) is 7.01. The number of likely N-dealkylation sites (N-methyl/N-ethyl adjacent to an activating group) is 1. The zero-order valence-electron chi connectivity index (χ0n) is 10.9. The number of nitrogens with one attached hydrogen (secondary N) is 1. The van der Waals surface area contributed by atoms with Gasteiger partial charge in [0, 0.05) is 25.7 Å². The molecule has 2 aliphatic carbocycles. The first kappa shape index (κ1) is 11.3. The van der Waals surface area contributed by atoms with E-state index in [0.717, 1.165) is 30.7 Å². The summed E-state index contributed by atoms with van der Waals surface area (Å²) in [6, 6.07) is 2.81. The molecule has 1 aromatic heterocycles. The van der Waals surface area contributed by atoms with Crippen molar-refractivity contribution in [2.24, 2.45) is 24.8 Å². The highest BCUT2D eigenvalue weighted by Gasteiger charge is 2.55. The molecule has 1 aromatic rings. The van der Waals surface area contributed by atoms with Crippen LogP contribution in [0.2, 0.25) is 0 Å². The summed E-state index contributed by atoms with van der Waals surface area (Å²) in [5.41, 5.74) is 1.24. The monoisotopic (exact) mass is 233 g/mol. The molecular weight excluding hydrogens is 210 g/mol. The van der Waals surface area contributed by atoms with Crippen molar-refractivity contribution in [2.75, 3.05) is 6.54 Å². The van der Waals surface area contributed by atoms with Crippen molar-refractivity contribution in [3.63, 3.8) is 0 Å². The van der Waals surface area contributed by atoms with Crippen LogP contribution in [0.25, 0.3) is 0 Å². The van der Waals surface area contributed by atoms with Crippen molar-refractivity contribution in [3.05, 3.63) is 18.0 Å². The predicted molar refractivity (Wildman–Crippen MR) is 68.7 cm³/mol. The molecule has 2 aliphatic rings. The van der Waals surface area contributed by atoms with Crippen molar-refractivity contribution in [1.82, 2.24) is 15.1 Å². The molecule has 3 atom stereocenters. The molecule has 2 saturated carbocycles. The van der Waals surface area contributed by atoms with Gasteiger partial charge in [-0.15, -0.1) is 0 Å². The largest absolute Gasteiger partial charge is 0.314 e. The Morgan fingerprint density at radius 1 is 1.47 bits per heavy atom. The molecule has 2 fully saturated rings. The van der Waals surface area contributed by atoms with E-state index in [1.807, 2.05) is 17.9 Å². The van der Waals surface area contributed by atoms with E-state index < -0.39 is 0 Å². The second-order valence-electron chi connectivity index (χ2n) is 5.69. The second kappa shape index (κ2) is 4.45. The average molecular weight is 233 g/mol. The number of hydrogen-bond acceptors (Lipinski definition) is 2. The third-order valence-corrected chi connectivity index (χ3v) is 4.60. The van der Waals surface area contributed by atoms with Gasteiger partial charge in [-0.05, 0) is 43.2 Å². The van der Waals surface area contributed by atoms with Gasteiger partial charge < -0.3 is 5.32 Å². The number of aromatic nitrogens is 2. The molecule has 0 bridgehead atoms. The number of fused-ring (bicyclic) bond motifs is 1. The molecule has 0 amide bonds. The Kier molecular flexibility index (Phi) is 2.95. The average Bonchev–Trinajstić information content (AvgIpc) is 2.67. The number of rotatable bonds is 5. The van der Waals surface area contributed by atoms with Crippen LogP contribution in [-0.4, -0.2) is 22.4 Å². The van der Waals surface area contributed by atoms with Gasteiger partial charge in [-0.25, -0.2) is 0 Å². The van der Waals surface area contributed by atoms with Crippen LogP contribution in [0.5, 0.6) is 0 Å². The second-order valence-corrected chi connectivity index (χ2v) is 5.69. The summed E-state index contributed by atoms with van der Waals surface area (Å²) >= 11 is 0. The molecule has 1 N–H and O–H groups in total.